The van der Waals surface area contributed by atoms with E-state index >= 15 is 0 Å². The van der Waals surface area contributed by atoms with Gasteiger partial charge in [0, 0.05) is 31.0 Å². The van der Waals surface area contributed by atoms with Gasteiger partial charge in [0.1, 0.15) is 11.6 Å². The number of esters is 2. The first-order valence-corrected chi connectivity index (χ1v) is 11.6. The quantitative estimate of drug-likeness (QED) is 0.320. The van der Waals surface area contributed by atoms with Crippen molar-refractivity contribution in [3.05, 3.63) is 28.6 Å². The van der Waals surface area contributed by atoms with E-state index in [-0.39, 0.29) is 23.4 Å². The van der Waals surface area contributed by atoms with E-state index in [1.165, 1.54) is 6.08 Å². The highest BCUT2D eigenvalue weighted by atomic mass is 16.5. The van der Waals surface area contributed by atoms with Gasteiger partial charge in [-0.2, -0.15) is 5.26 Å². The highest BCUT2D eigenvalue weighted by Crippen LogP contribution is 2.21. The molecule has 0 unspecified atom stereocenters. The number of nitriles is 1. The van der Waals surface area contributed by atoms with Gasteiger partial charge in [-0.25, -0.2) is 4.79 Å². The van der Waals surface area contributed by atoms with E-state index in [2.05, 4.69) is 18.4 Å². The number of amides is 1. The van der Waals surface area contributed by atoms with Crippen molar-refractivity contribution in [3.8, 4) is 6.07 Å². The Hall–Kier alpha value is -3.08. The molecule has 1 saturated heterocycles. The summed E-state index contributed by atoms with van der Waals surface area (Å²) < 4.78 is 12.3. The zero-order chi connectivity index (χ0) is 24.5. The van der Waals surface area contributed by atoms with E-state index in [1.807, 2.05) is 26.0 Å². The van der Waals surface area contributed by atoms with Crippen LogP contribution in [0, 0.1) is 37.0 Å². The standard InChI is InChI=1S/C25H35N3O5/c1-6-32-24(30)20-8-10-27(11-9-20)23(29)16-33-25(31)22(15-26)14-21-13-18(4)28(19(21)5)12-7-17(2)3/h13-14,17,20H,6-12,16H2,1-5H3. The predicted molar refractivity (Wildman–Crippen MR) is 124 cm³/mol. The Labute approximate surface area is 196 Å². The van der Waals surface area contributed by atoms with E-state index in [0.29, 0.717) is 38.5 Å². The molecule has 0 aromatic carbocycles. The molecule has 2 rings (SSSR count). The summed E-state index contributed by atoms with van der Waals surface area (Å²) in [6.07, 6.45) is 3.60. The van der Waals surface area contributed by atoms with Gasteiger partial charge in [0.2, 0.25) is 0 Å². The molecule has 1 aromatic heterocycles. The fourth-order valence-corrected chi connectivity index (χ4v) is 3.92. The highest BCUT2D eigenvalue weighted by molar-refractivity contribution is 5.99. The molecule has 0 bridgehead atoms. The molecule has 33 heavy (non-hydrogen) atoms. The van der Waals surface area contributed by atoms with Crippen LogP contribution in [-0.4, -0.2) is 53.6 Å². The summed E-state index contributed by atoms with van der Waals surface area (Å²) >= 11 is 0. The second kappa shape index (κ2) is 12.2. The van der Waals surface area contributed by atoms with Gasteiger partial charge in [-0.1, -0.05) is 13.8 Å². The van der Waals surface area contributed by atoms with Crippen molar-refractivity contribution in [2.45, 2.75) is 60.4 Å². The topological polar surface area (TPSA) is 102 Å². The summed E-state index contributed by atoms with van der Waals surface area (Å²) in [6.45, 7) is 11.6. The number of aryl methyl sites for hydroxylation is 1. The first kappa shape index (κ1) is 26.2. The number of carbonyl (C=O) groups is 3. The molecule has 0 spiro atoms. The van der Waals surface area contributed by atoms with Crippen molar-refractivity contribution in [3.63, 3.8) is 0 Å². The molecule has 1 amide bonds. The van der Waals surface area contributed by atoms with Gasteiger partial charge in [-0.3, -0.25) is 9.59 Å². The maximum Gasteiger partial charge on any atom is 0.349 e. The van der Waals surface area contributed by atoms with Crippen LogP contribution in [0.1, 0.15) is 57.0 Å². The monoisotopic (exact) mass is 457 g/mol. The number of likely N-dealkylation sites (tertiary alicyclic amines) is 1. The van der Waals surface area contributed by atoms with E-state index in [4.69, 9.17) is 9.47 Å². The molecule has 0 atom stereocenters. The lowest BCUT2D eigenvalue weighted by Crippen LogP contribution is -2.42. The van der Waals surface area contributed by atoms with Crippen molar-refractivity contribution in [1.82, 2.24) is 9.47 Å². The van der Waals surface area contributed by atoms with Crippen LogP contribution in [0.4, 0.5) is 0 Å². The number of hydrogen-bond donors (Lipinski definition) is 0. The fraction of sp³-hybridized carbons (Fsp3) is 0.600. The van der Waals surface area contributed by atoms with Crippen LogP contribution in [0.3, 0.4) is 0 Å². The number of aromatic nitrogens is 1. The minimum atomic E-state index is -0.820. The molecule has 180 valence electrons. The summed E-state index contributed by atoms with van der Waals surface area (Å²) in [6, 6.07) is 3.83. The molecule has 1 fully saturated rings. The maximum absolute atomic E-state index is 12.4. The Morgan fingerprint density at radius 2 is 1.88 bits per heavy atom. The molecule has 0 saturated carbocycles. The van der Waals surface area contributed by atoms with E-state index in [1.54, 1.807) is 11.8 Å². The van der Waals surface area contributed by atoms with Crippen LogP contribution in [0.15, 0.2) is 11.6 Å². The number of nitrogens with zero attached hydrogens (tertiary/aromatic N) is 3. The molecule has 8 nitrogen and oxygen atoms in total. The van der Waals surface area contributed by atoms with E-state index in [0.717, 1.165) is 29.9 Å². The minimum Gasteiger partial charge on any atom is -0.466 e. The lowest BCUT2D eigenvalue weighted by Gasteiger charge is -2.30. The van der Waals surface area contributed by atoms with Gasteiger partial charge < -0.3 is 18.9 Å². The predicted octanol–water partition coefficient (Wildman–Crippen LogP) is 3.40. The van der Waals surface area contributed by atoms with Gasteiger partial charge >= 0.3 is 11.9 Å². The Balaban J connectivity index is 1.94. The van der Waals surface area contributed by atoms with Gasteiger partial charge in [0.25, 0.3) is 5.91 Å². The molecular weight excluding hydrogens is 422 g/mol. The number of rotatable bonds is 9. The van der Waals surface area contributed by atoms with Crippen LogP contribution >= 0.6 is 0 Å². The third-order valence-electron chi connectivity index (χ3n) is 5.98. The first-order chi connectivity index (χ1) is 15.7. The SMILES string of the molecule is CCOC(=O)C1CCN(C(=O)COC(=O)C(C#N)=Cc2cc(C)n(CCC(C)C)c2C)CC1. The van der Waals surface area contributed by atoms with Gasteiger partial charge in [0.05, 0.1) is 12.5 Å². The van der Waals surface area contributed by atoms with Crippen LogP contribution in [0.25, 0.3) is 6.08 Å². The van der Waals surface area contributed by atoms with Crippen molar-refractivity contribution in [2.75, 3.05) is 26.3 Å². The summed E-state index contributed by atoms with van der Waals surface area (Å²) in [5, 5.41) is 9.47. The molecule has 1 aromatic rings. The second-order valence-electron chi connectivity index (χ2n) is 8.81. The van der Waals surface area contributed by atoms with Gasteiger partial charge in [-0.15, -0.1) is 0 Å². The summed E-state index contributed by atoms with van der Waals surface area (Å²) in [7, 11) is 0. The molecule has 1 aliphatic heterocycles. The Kier molecular flexibility index (Phi) is 9.71. The van der Waals surface area contributed by atoms with Crippen molar-refractivity contribution >= 4 is 23.9 Å². The number of hydrogen-bond acceptors (Lipinski definition) is 6. The molecular formula is C25H35N3O5. The second-order valence-corrected chi connectivity index (χ2v) is 8.81. The first-order valence-electron chi connectivity index (χ1n) is 11.6. The van der Waals surface area contributed by atoms with Crippen molar-refractivity contribution in [2.24, 2.45) is 11.8 Å². The van der Waals surface area contributed by atoms with Crippen LogP contribution in [0.5, 0.6) is 0 Å². The average Bonchev–Trinajstić information content (AvgIpc) is 3.06. The smallest absolute Gasteiger partial charge is 0.349 e. The minimum absolute atomic E-state index is 0.145. The Bertz CT molecular complexity index is 931. The third-order valence-corrected chi connectivity index (χ3v) is 5.98. The third kappa shape index (κ3) is 7.21. The van der Waals surface area contributed by atoms with E-state index < -0.39 is 12.6 Å². The summed E-state index contributed by atoms with van der Waals surface area (Å²) in [5.74, 6) is -1.02. The largest absolute Gasteiger partial charge is 0.466 e. The highest BCUT2D eigenvalue weighted by Gasteiger charge is 2.28. The molecule has 0 N–H and O–H groups in total. The summed E-state index contributed by atoms with van der Waals surface area (Å²) in [5.41, 5.74) is 2.69. The summed E-state index contributed by atoms with van der Waals surface area (Å²) in [4.78, 5) is 38.3. The number of piperidine rings is 1. The molecule has 0 radical (unpaired) electrons. The molecule has 0 aliphatic carbocycles. The Morgan fingerprint density at radius 1 is 1.21 bits per heavy atom. The molecule has 8 heteroatoms. The average molecular weight is 458 g/mol. The molecule has 2 heterocycles. The number of ether oxygens (including phenoxy) is 2. The fourth-order valence-electron chi connectivity index (χ4n) is 3.92. The lowest BCUT2D eigenvalue weighted by atomic mass is 9.97. The number of carbonyl (C=O) groups excluding carboxylic acids is 3. The van der Waals surface area contributed by atoms with Crippen molar-refractivity contribution in [1.29, 1.82) is 5.26 Å². The van der Waals surface area contributed by atoms with Gasteiger partial charge in [0.15, 0.2) is 6.61 Å². The normalized spacial score (nSPS) is 14.8. The molecule has 1 aliphatic rings. The van der Waals surface area contributed by atoms with Gasteiger partial charge in [-0.05, 0) is 63.7 Å². The van der Waals surface area contributed by atoms with Crippen LogP contribution in [0.2, 0.25) is 0 Å². The van der Waals surface area contributed by atoms with Crippen molar-refractivity contribution < 1.29 is 23.9 Å². The zero-order valence-corrected chi connectivity index (χ0v) is 20.3. The van der Waals surface area contributed by atoms with E-state index in [9.17, 15) is 19.6 Å². The Morgan fingerprint density at radius 3 is 2.45 bits per heavy atom. The zero-order valence-electron chi connectivity index (χ0n) is 20.3. The van der Waals surface area contributed by atoms with Crippen LogP contribution < -0.4 is 0 Å². The maximum atomic E-state index is 12.4. The lowest BCUT2D eigenvalue weighted by molar-refractivity contribution is -0.153. The van der Waals surface area contributed by atoms with Crippen LogP contribution in [-0.2, 0) is 30.4 Å².